The smallest absolute Gasteiger partial charge is 0.475 e. The molecule has 1 aromatic heterocycles. The number of ether oxygens (including phenoxy) is 2. The van der Waals surface area contributed by atoms with Crippen molar-refractivity contribution in [1.29, 1.82) is 0 Å². The number of alkyl halides is 3. The Morgan fingerprint density at radius 2 is 1.93 bits per heavy atom. The SMILES string of the molecule is CC(C)N1CCOCC2(CN(C(=O)c3ccsc3)CCO2)C1.O=C(O)C(F)(F)F. The van der Waals surface area contributed by atoms with Gasteiger partial charge in [-0.2, -0.15) is 24.5 Å². The zero-order valence-corrected chi connectivity index (χ0v) is 17.1. The van der Waals surface area contributed by atoms with E-state index < -0.39 is 17.7 Å². The van der Waals surface area contributed by atoms with E-state index in [-0.39, 0.29) is 5.91 Å². The summed E-state index contributed by atoms with van der Waals surface area (Å²) in [6.07, 6.45) is -5.08. The van der Waals surface area contributed by atoms with E-state index in [0.29, 0.717) is 32.3 Å². The molecule has 1 atom stereocenters. The number of carbonyl (C=O) groups is 2. The summed E-state index contributed by atoms with van der Waals surface area (Å²) in [7, 11) is 0. The van der Waals surface area contributed by atoms with Gasteiger partial charge in [0, 0.05) is 31.1 Å². The lowest BCUT2D eigenvalue weighted by atomic mass is 10.0. The Hall–Kier alpha value is -1.69. The summed E-state index contributed by atoms with van der Waals surface area (Å²) < 4.78 is 43.6. The standard InChI is InChI=1S/C16H24N2O3S.C2HF3O2/c1-13(2)17-4-6-20-12-16(10-17)11-18(5-7-21-16)15(19)14-3-8-22-9-14;3-2(4,5)1(6)7/h3,8-9,13H,4-7,10-12H2,1-2H3;(H,6,7). The summed E-state index contributed by atoms with van der Waals surface area (Å²) in [4.78, 5) is 25.8. The Kier molecular flexibility index (Phi) is 8.03. The number of thiophene rings is 1. The van der Waals surface area contributed by atoms with Gasteiger partial charge < -0.3 is 19.5 Å². The van der Waals surface area contributed by atoms with Crippen LogP contribution < -0.4 is 0 Å². The molecule has 0 radical (unpaired) electrons. The van der Waals surface area contributed by atoms with Crippen molar-refractivity contribution in [1.82, 2.24) is 9.80 Å². The van der Waals surface area contributed by atoms with Crippen LogP contribution in [0.25, 0.3) is 0 Å². The minimum atomic E-state index is -5.08. The van der Waals surface area contributed by atoms with Gasteiger partial charge in [0.15, 0.2) is 0 Å². The maximum absolute atomic E-state index is 12.6. The number of nitrogens with zero attached hydrogens (tertiary/aromatic N) is 2. The highest BCUT2D eigenvalue weighted by molar-refractivity contribution is 7.08. The second-order valence-corrected chi connectivity index (χ2v) is 7.97. The molecule has 164 valence electrons. The van der Waals surface area contributed by atoms with Crippen molar-refractivity contribution in [3.8, 4) is 0 Å². The summed E-state index contributed by atoms with van der Waals surface area (Å²) >= 11 is 1.55. The number of carbonyl (C=O) groups excluding carboxylic acids is 1. The number of hydrogen-bond donors (Lipinski definition) is 1. The fourth-order valence-corrected chi connectivity index (χ4v) is 3.78. The summed E-state index contributed by atoms with van der Waals surface area (Å²) in [5.74, 6) is -2.66. The van der Waals surface area contributed by atoms with E-state index in [1.807, 2.05) is 21.7 Å². The van der Waals surface area contributed by atoms with E-state index in [1.165, 1.54) is 0 Å². The molecule has 1 aromatic rings. The van der Waals surface area contributed by atoms with Gasteiger partial charge in [0.2, 0.25) is 0 Å². The second-order valence-electron chi connectivity index (χ2n) is 7.19. The number of carboxylic acids is 1. The Morgan fingerprint density at radius 3 is 2.48 bits per heavy atom. The number of carboxylic acid groups (broad SMARTS) is 1. The first kappa shape index (κ1) is 23.6. The van der Waals surface area contributed by atoms with Crippen LogP contribution in [0.4, 0.5) is 13.2 Å². The van der Waals surface area contributed by atoms with Crippen molar-refractivity contribution in [3.05, 3.63) is 22.4 Å². The van der Waals surface area contributed by atoms with Crippen LogP contribution in [0.3, 0.4) is 0 Å². The third-order valence-electron chi connectivity index (χ3n) is 4.66. The van der Waals surface area contributed by atoms with Gasteiger partial charge in [0.05, 0.1) is 31.9 Å². The lowest BCUT2D eigenvalue weighted by Crippen LogP contribution is -2.60. The number of rotatable bonds is 2. The van der Waals surface area contributed by atoms with E-state index in [0.717, 1.165) is 25.3 Å². The fourth-order valence-electron chi connectivity index (χ4n) is 3.15. The molecule has 11 heteroatoms. The van der Waals surface area contributed by atoms with Gasteiger partial charge in [-0.25, -0.2) is 4.79 Å². The van der Waals surface area contributed by atoms with E-state index in [9.17, 15) is 18.0 Å². The van der Waals surface area contributed by atoms with Gasteiger partial charge >= 0.3 is 12.1 Å². The molecule has 1 spiro atoms. The van der Waals surface area contributed by atoms with Gasteiger partial charge in [0.25, 0.3) is 5.91 Å². The molecule has 7 nitrogen and oxygen atoms in total. The molecule has 0 bridgehead atoms. The zero-order chi connectivity index (χ0) is 21.7. The quantitative estimate of drug-likeness (QED) is 0.764. The van der Waals surface area contributed by atoms with Crippen molar-refractivity contribution in [2.24, 2.45) is 0 Å². The second kappa shape index (κ2) is 9.88. The Bertz CT molecular complexity index is 684. The molecule has 1 unspecified atom stereocenters. The van der Waals surface area contributed by atoms with Crippen molar-refractivity contribution in [2.75, 3.05) is 46.0 Å². The van der Waals surface area contributed by atoms with Gasteiger partial charge in [-0.3, -0.25) is 9.69 Å². The first-order chi connectivity index (χ1) is 13.5. The average Bonchev–Trinajstić information content (AvgIpc) is 3.10. The topological polar surface area (TPSA) is 79.3 Å². The predicted molar refractivity (Wildman–Crippen MR) is 100 cm³/mol. The van der Waals surface area contributed by atoms with Crippen LogP contribution in [0.15, 0.2) is 16.8 Å². The fraction of sp³-hybridized carbons (Fsp3) is 0.667. The molecule has 1 N–H and O–H groups in total. The number of morpholine rings is 1. The molecule has 2 aliphatic heterocycles. The average molecular weight is 438 g/mol. The van der Waals surface area contributed by atoms with E-state index in [4.69, 9.17) is 19.4 Å². The highest BCUT2D eigenvalue weighted by Gasteiger charge is 2.42. The van der Waals surface area contributed by atoms with E-state index in [2.05, 4.69) is 18.7 Å². The monoisotopic (exact) mass is 438 g/mol. The molecule has 1 amide bonds. The van der Waals surface area contributed by atoms with Crippen LogP contribution in [0.5, 0.6) is 0 Å². The van der Waals surface area contributed by atoms with Crippen molar-refractivity contribution >= 4 is 23.2 Å². The van der Waals surface area contributed by atoms with Gasteiger partial charge in [-0.05, 0) is 25.3 Å². The van der Waals surface area contributed by atoms with Crippen LogP contribution in [-0.4, -0.2) is 90.6 Å². The molecule has 3 rings (SSSR count). The highest BCUT2D eigenvalue weighted by atomic mass is 32.1. The van der Waals surface area contributed by atoms with E-state index in [1.54, 1.807) is 11.3 Å². The van der Waals surface area contributed by atoms with Crippen molar-refractivity contribution in [3.63, 3.8) is 0 Å². The molecular formula is C18H25F3N2O5S. The molecule has 2 aliphatic rings. The van der Waals surface area contributed by atoms with Crippen molar-refractivity contribution in [2.45, 2.75) is 31.7 Å². The maximum Gasteiger partial charge on any atom is 0.490 e. The number of hydrogen-bond acceptors (Lipinski definition) is 6. The highest BCUT2D eigenvalue weighted by Crippen LogP contribution is 2.25. The molecule has 0 aliphatic carbocycles. The zero-order valence-electron chi connectivity index (χ0n) is 16.3. The molecule has 2 saturated heterocycles. The summed E-state index contributed by atoms with van der Waals surface area (Å²) in [6.45, 7) is 9.23. The number of aliphatic carboxylic acids is 1. The molecule has 2 fully saturated rings. The molecule has 3 heterocycles. The summed E-state index contributed by atoms with van der Waals surface area (Å²) in [6, 6.07) is 2.34. The number of amides is 1. The van der Waals surface area contributed by atoms with Crippen LogP contribution in [0, 0.1) is 0 Å². The Labute approximate surface area is 171 Å². The normalized spacial score (nSPS) is 23.4. The predicted octanol–water partition coefficient (Wildman–Crippen LogP) is 2.33. The lowest BCUT2D eigenvalue weighted by molar-refractivity contribution is -0.192. The molecule has 0 saturated carbocycles. The van der Waals surface area contributed by atoms with Crippen LogP contribution in [0.2, 0.25) is 0 Å². The van der Waals surface area contributed by atoms with Gasteiger partial charge in [-0.15, -0.1) is 0 Å². The number of halogens is 3. The largest absolute Gasteiger partial charge is 0.490 e. The summed E-state index contributed by atoms with van der Waals surface area (Å²) in [5.41, 5.74) is 0.377. The maximum atomic E-state index is 12.6. The van der Waals surface area contributed by atoms with Crippen molar-refractivity contribution < 1.29 is 37.3 Å². The van der Waals surface area contributed by atoms with Crippen LogP contribution >= 0.6 is 11.3 Å². The molecule has 29 heavy (non-hydrogen) atoms. The third kappa shape index (κ3) is 6.66. The minimum Gasteiger partial charge on any atom is -0.475 e. The van der Waals surface area contributed by atoms with Gasteiger partial charge in [-0.1, -0.05) is 0 Å². The van der Waals surface area contributed by atoms with Crippen LogP contribution in [-0.2, 0) is 14.3 Å². The lowest BCUT2D eigenvalue weighted by Gasteiger charge is -2.44. The summed E-state index contributed by atoms with van der Waals surface area (Å²) in [5, 5.41) is 11.0. The Morgan fingerprint density at radius 1 is 1.24 bits per heavy atom. The first-order valence-corrected chi connectivity index (χ1v) is 10.1. The van der Waals surface area contributed by atoms with Gasteiger partial charge in [0.1, 0.15) is 5.60 Å². The Balaban J connectivity index is 0.000000370. The first-order valence-electron chi connectivity index (χ1n) is 9.11. The third-order valence-corrected chi connectivity index (χ3v) is 5.34. The molecule has 0 aromatic carbocycles. The van der Waals surface area contributed by atoms with Crippen LogP contribution in [0.1, 0.15) is 24.2 Å². The van der Waals surface area contributed by atoms with E-state index >= 15 is 0 Å². The molecular weight excluding hydrogens is 413 g/mol. The minimum absolute atomic E-state index is 0.101.